The van der Waals surface area contributed by atoms with E-state index in [2.05, 4.69) is 217 Å². The molecular weight excluding hydrogens is 767 g/mol. The minimum Gasteiger partial charge on any atom is -0.309 e. The van der Waals surface area contributed by atoms with Gasteiger partial charge in [0.25, 0.3) is 0 Å². The van der Waals surface area contributed by atoms with Crippen LogP contribution in [0.15, 0.2) is 212 Å². The van der Waals surface area contributed by atoms with E-state index < -0.39 is 10.8 Å². The van der Waals surface area contributed by atoms with E-state index in [1.165, 1.54) is 125 Å². The molecule has 0 radical (unpaired) electrons. The highest BCUT2D eigenvalue weighted by Crippen LogP contribution is 2.67. The van der Waals surface area contributed by atoms with Gasteiger partial charge in [-0.1, -0.05) is 170 Å². The first-order chi connectivity index (χ1) is 30.8. The molecule has 62 heavy (non-hydrogen) atoms. The van der Waals surface area contributed by atoms with Crippen LogP contribution in [0, 0.1) is 0 Å². The average Bonchev–Trinajstić information content (AvgIpc) is 4.05. The van der Waals surface area contributed by atoms with Gasteiger partial charge in [0.1, 0.15) is 0 Å². The van der Waals surface area contributed by atoms with Crippen LogP contribution in [-0.2, 0) is 10.8 Å². The largest absolute Gasteiger partial charge is 0.309 e. The average molecular weight is 802 g/mol. The standard InChI is InChI=1S/C60H35NS/c1-2-16-38-36(15-1)29-31-54-58(38)45-34-53-43(35-55(45)61(54)37-30-32-57-44(33-37)42-20-6-14-28-56(42)62-57)41-19-5-9-23-48(41)60(53)51-26-12-10-24-49(51)59(50-25-11-13-27-52(50)60)46-21-7-3-17-39(46)40-18-4-8-22-47(40)59/h1-35H. The smallest absolute Gasteiger partial charge is 0.0720 e. The molecule has 3 aliphatic carbocycles. The number of benzene rings is 10. The van der Waals surface area contributed by atoms with Crippen molar-refractivity contribution in [3.8, 4) is 27.9 Å². The lowest BCUT2D eigenvalue weighted by Gasteiger charge is -2.48. The zero-order valence-electron chi connectivity index (χ0n) is 33.6. The summed E-state index contributed by atoms with van der Waals surface area (Å²) in [7, 11) is 0. The third kappa shape index (κ3) is 3.79. The zero-order chi connectivity index (χ0) is 40.3. The predicted molar refractivity (Wildman–Crippen MR) is 259 cm³/mol. The topological polar surface area (TPSA) is 4.93 Å². The van der Waals surface area contributed by atoms with Crippen molar-refractivity contribution in [3.05, 3.63) is 257 Å². The molecule has 2 heteroatoms. The Morgan fingerprint density at radius 1 is 0.306 bits per heavy atom. The van der Waals surface area contributed by atoms with Crippen LogP contribution < -0.4 is 0 Å². The molecule has 2 aromatic heterocycles. The lowest BCUT2D eigenvalue weighted by molar-refractivity contribution is 0.633. The molecule has 0 N–H and O–H groups in total. The van der Waals surface area contributed by atoms with Crippen LogP contribution in [0.5, 0.6) is 0 Å². The van der Waals surface area contributed by atoms with Crippen molar-refractivity contribution >= 4 is 64.1 Å². The summed E-state index contributed by atoms with van der Waals surface area (Å²) in [5.74, 6) is 0. The Hall–Kier alpha value is -7.52. The van der Waals surface area contributed by atoms with Gasteiger partial charge in [-0.25, -0.2) is 0 Å². The van der Waals surface area contributed by atoms with E-state index in [-0.39, 0.29) is 0 Å². The number of hydrogen-bond acceptors (Lipinski definition) is 1. The second-order valence-corrected chi connectivity index (χ2v) is 18.5. The maximum absolute atomic E-state index is 2.61. The Balaban J connectivity index is 1.11. The van der Waals surface area contributed by atoms with Crippen molar-refractivity contribution in [1.82, 2.24) is 4.57 Å². The monoisotopic (exact) mass is 801 g/mol. The van der Waals surface area contributed by atoms with Crippen molar-refractivity contribution < 1.29 is 0 Å². The number of thiophene rings is 1. The molecule has 2 spiro atoms. The highest BCUT2D eigenvalue weighted by molar-refractivity contribution is 7.25. The van der Waals surface area contributed by atoms with Gasteiger partial charge in [-0.15, -0.1) is 11.3 Å². The number of hydrogen-bond donors (Lipinski definition) is 0. The summed E-state index contributed by atoms with van der Waals surface area (Å²) in [5, 5.41) is 7.74. The van der Waals surface area contributed by atoms with E-state index in [9.17, 15) is 0 Å². The molecule has 0 saturated carbocycles. The van der Waals surface area contributed by atoms with Crippen LogP contribution in [0.4, 0.5) is 0 Å². The van der Waals surface area contributed by atoms with Crippen LogP contribution in [0.1, 0.15) is 44.5 Å². The SMILES string of the molecule is c1ccc2c(c1)-c1ccccc1C21c2ccccc2C2(c3ccccc3-c3cc4c(cc32)c2c3ccccc3ccc2n4-c2ccc3sc4ccccc4c3c2)c2ccccc21. The summed E-state index contributed by atoms with van der Waals surface area (Å²) >= 11 is 1.88. The molecule has 0 fully saturated rings. The fraction of sp³-hybridized carbons (Fsp3) is 0.0333. The Morgan fingerprint density at radius 2 is 0.806 bits per heavy atom. The van der Waals surface area contributed by atoms with Gasteiger partial charge in [0.05, 0.1) is 21.9 Å². The summed E-state index contributed by atoms with van der Waals surface area (Å²) in [4.78, 5) is 0. The van der Waals surface area contributed by atoms with Crippen LogP contribution in [-0.4, -0.2) is 4.57 Å². The van der Waals surface area contributed by atoms with Crippen molar-refractivity contribution in [2.45, 2.75) is 10.8 Å². The fourth-order valence-electron chi connectivity index (χ4n) is 12.6. The lowest BCUT2D eigenvalue weighted by atomic mass is 9.52. The summed E-state index contributed by atoms with van der Waals surface area (Å²) in [6, 6.07) is 81.1. The van der Waals surface area contributed by atoms with Gasteiger partial charge in [0.2, 0.25) is 0 Å². The van der Waals surface area contributed by atoms with Gasteiger partial charge in [0.15, 0.2) is 0 Å². The third-order valence-electron chi connectivity index (χ3n) is 14.9. The molecule has 0 saturated heterocycles. The van der Waals surface area contributed by atoms with Crippen molar-refractivity contribution in [2.24, 2.45) is 0 Å². The normalized spacial score (nSPS) is 14.7. The Morgan fingerprint density at radius 3 is 1.45 bits per heavy atom. The summed E-state index contributed by atoms with van der Waals surface area (Å²) < 4.78 is 5.19. The second-order valence-electron chi connectivity index (χ2n) is 17.4. The molecular formula is C60H35NS. The quantitative estimate of drug-likeness (QED) is 0.156. The Bertz CT molecular complexity index is 3860. The van der Waals surface area contributed by atoms with Gasteiger partial charge in [0, 0.05) is 36.6 Å². The van der Waals surface area contributed by atoms with Gasteiger partial charge in [-0.05, 0) is 120 Å². The van der Waals surface area contributed by atoms with Gasteiger partial charge in [-0.3, -0.25) is 0 Å². The van der Waals surface area contributed by atoms with E-state index in [0.29, 0.717) is 0 Å². The van der Waals surface area contributed by atoms with E-state index in [0.717, 1.165) is 0 Å². The van der Waals surface area contributed by atoms with E-state index in [1.54, 1.807) is 0 Å². The Kier molecular flexibility index (Phi) is 6.24. The molecule has 0 atom stereocenters. The van der Waals surface area contributed by atoms with E-state index in [1.807, 2.05) is 11.3 Å². The summed E-state index contributed by atoms with van der Waals surface area (Å²) in [5.41, 5.74) is 18.8. The number of rotatable bonds is 1. The molecule has 10 aromatic carbocycles. The van der Waals surface area contributed by atoms with Crippen LogP contribution in [0.3, 0.4) is 0 Å². The van der Waals surface area contributed by atoms with Crippen LogP contribution >= 0.6 is 11.3 Å². The van der Waals surface area contributed by atoms with Crippen molar-refractivity contribution in [3.63, 3.8) is 0 Å². The first-order valence-corrected chi connectivity index (χ1v) is 22.5. The zero-order valence-corrected chi connectivity index (χ0v) is 34.4. The van der Waals surface area contributed by atoms with Crippen LogP contribution in [0.25, 0.3) is 80.7 Å². The fourth-order valence-corrected chi connectivity index (χ4v) is 13.7. The molecule has 0 amide bonds. The molecule has 15 rings (SSSR count). The molecule has 0 unspecified atom stereocenters. The molecule has 1 nitrogen and oxygen atoms in total. The minimum atomic E-state index is -0.557. The first kappa shape index (κ1) is 33.2. The molecule has 0 aliphatic heterocycles. The minimum absolute atomic E-state index is 0.468. The number of nitrogens with zero attached hydrogens (tertiary/aromatic N) is 1. The molecule has 2 heterocycles. The van der Waals surface area contributed by atoms with E-state index in [4.69, 9.17) is 0 Å². The van der Waals surface area contributed by atoms with E-state index >= 15 is 0 Å². The highest BCUT2D eigenvalue weighted by atomic mass is 32.1. The number of aromatic nitrogens is 1. The molecule has 12 aromatic rings. The summed E-state index contributed by atoms with van der Waals surface area (Å²) in [6.07, 6.45) is 0. The predicted octanol–water partition coefficient (Wildman–Crippen LogP) is 15.3. The van der Waals surface area contributed by atoms with Crippen molar-refractivity contribution in [2.75, 3.05) is 0 Å². The van der Waals surface area contributed by atoms with Crippen molar-refractivity contribution in [1.29, 1.82) is 0 Å². The molecule has 286 valence electrons. The van der Waals surface area contributed by atoms with Gasteiger partial charge < -0.3 is 4.57 Å². The lowest BCUT2D eigenvalue weighted by Crippen LogP contribution is -2.43. The number of fused-ring (bicyclic) bond motifs is 24. The van der Waals surface area contributed by atoms with Crippen LogP contribution in [0.2, 0.25) is 0 Å². The molecule has 3 aliphatic rings. The highest BCUT2D eigenvalue weighted by Gasteiger charge is 2.59. The summed E-state index contributed by atoms with van der Waals surface area (Å²) in [6.45, 7) is 0. The second kappa shape index (κ2) is 11.6. The maximum Gasteiger partial charge on any atom is 0.0720 e. The Labute approximate surface area is 362 Å². The maximum atomic E-state index is 2.61. The third-order valence-corrected chi connectivity index (χ3v) is 16.0. The van der Waals surface area contributed by atoms with Gasteiger partial charge in [-0.2, -0.15) is 0 Å². The van der Waals surface area contributed by atoms with Gasteiger partial charge >= 0.3 is 0 Å². The molecule has 0 bridgehead atoms. The first-order valence-electron chi connectivity index (χ1n) is 21.7.